The molecule has 0 amide bonds. The fraction of sp³-hybridized carbons (Fsp3) is 0.571. The minimum Gasteiger partial charge on any atom is -0.380 e. The molecule has 1 aromatic carbocycles. The number of rotatable bonds is 4. The smallest absolute Gasteiger partial charge is 0.0762 e. The molecule has 0 spiro atoms. The van der Waals surface area contributed by atoms with E-state index in [0.29, 0.717) is 6.10 Å². The summed E-state index contributed by atoms with van der Waals surface area (Å²) in [5.74, 6) is 0. The Labute approximate surface area is 104 Å². The lowest BCUT2D eigenvalue weighted by molar-refractivity contribution is 0.121. The molecule has 94 valence electrons. The zero-order valence-corrected chi connectivity index (χ0v) is 10.7. The molecular formula is C14H22N2O. The number of nitrogens with two attached hydrogens (primary N) is 1. The average molecular weight is 234 g/mol. The molecule has 1 heterocycles. The molecule has 0 bridgehead atoms. The predicted molar refractivity (Wildman–Crippen MR) is 71.3 cm³/mol. The number of ether oxygens (including phenoxy) is 1. The lowest BCUT2D eigenvalue weighted by atomic mass is 10.0. The molecule has 0 aliphatic carbocycles. The number of benzene rings is 1. The molecule has 2 rings (SSSR count). The van der Waals surface area contributed by atoms with Crippen molar-refractivity contribution >= 4 is 5.69 Å². The average Bonchev–Trinajstić information content (AvgIpc) is 2.86. The molecule has 1 saturated heterocycles. The van der Waals surface area contributed by atoms with Crippen molar-refractivity contribution in [3.8, 4) is 0 Å². The first kappa shape index (κ1) is 12.4. The van der Waals surface area contributed by atoms with Crippen LogP contribution in [-0.4, -0.2) is 26.3 Å². The number of anilines is 1. The van der Waals surface area contributed by atoms with Gasteiger partial charge in [-0.3, -0.25) is 0 Å². The molecular weight excluding hydrogens is 212 g/mol. The molecule has 1 aliphatic rings. The summed E-state index contributed by atoms with van der Waals surface area (Å²) < 4.78 is 5.42. The van der Waals surface area contributed by atoms with Crippen LogP contribution in [0.4, 0.5) is 5.69 Å². The molecule has 1 aliphatic heterocycles. The lowest BCUT2D eigenvalue weighted by Gasteiger charge is -2.24. The van der Waals surface area contributed by atoms with Gasteiger partial charge in [-0.2, -0.15) is 0 Å². The summed E-state index contributed by atoms with van der Waals surface area (Å²) in [5.41, 5.74) is 8.71. The van der Waals surface area contributed by atoms with Gasteiger partial charge in [0, 0.05) is 31.9 Å². The lowest BCUT2D eigenvalue weighted by Crippen LogP contribution is -2.24. The number of hydrogen-bond donors (Lipinski definition) is 1. The van der Waals surface area contributed by atoms with Crippen LogP contribution in [0, 0.1) is 0 Å². The van der Waals surface area contributed by atoms with Crippen molar-refractivity contribution < 1.29 is 4.74 Å². The van der Waals surface area contributed by atoms with E-state index in [1.165, 1.54) is 11.3 Å². The topological polar surface area (TPSA) is 38.5 Å². The third-order valence-corrected chi connectivity index (χ3v) is 3.60. The third kappa shape index (κ3) is 2.61. The van der Waals surface area contributed by atoms with E-state index in [0.717, 1.165) is 25.9 Å². The van der Waals surface area contributed by atoms with Gasteiger partial charge in [0.25, 0.3) is 0 Å². The molecule has 1 aromatic rings. The molecule has 3 heteroatoms. The van der Waals surface area contributed by atoms with Crippen LogP contribution in [0.5, 0.6) is 0 Å². The molecule has 0 saturated carbocycles. The van der Waals surface area contributed by atoms with Gasteiger partial charge in [-0.25, -0.2) is 0 Å². The van der Waals surface area contributed by atoms with Gasteiger partial charge >= 0.3 is 0 Å². The van der Waals surface area contributed by atoms with E-state index in [9.17, 15) is 0 Å². The molecule has 0 aromatic heterocycles. The fourth-order valence-corrected chi connectivity index (χ4v) is 2.45. The van der Waals surface area contributed by atoms with Gasteiger partial charge in [-0.15, -0.1) is 0 Å². The SMILES string of the molecule is CCC(N)c1ccccc1N1CCC(OC)C1. The first-order chi connectivity index (χ1) is 8.26. The van der Waals surface area contributed by atoms with Gasteiger partial charge in [0.2, 0.25) is 0 Å². The number of nitrogens with zero attached hydrogens (tertiary/aromatic N) is 1. The van der Waals surface area contributed by atoms with Crippen LogP contribution < -0.4 is 10.6 Å². The monoisotopic (exact) mass is 234 g/mol. The second-order valence-corrected chi connectivity index (χ2v) is 4.67. The number of hydrogen-bond acceptors (Lipinski definition) is 3. The highest BCUT2D eigenvalue weighted by Crippen LogP contribution is 2.29. The molecule has 17 heavy (non-hydrogen) atoms. The fourth-order valence-electron chi connectivity index (χ4n) is 2.45. The minimum atomic E-state index is 0.132. The standard InChI is InChI=1S/C14H22N2O/c1-3-13(15)12-6-4-5-7-14(12)16-9-8-11(10-16)17-2/h4-7,11,13H,3,8-10,15H2,1-2H3. The van der Waals surface area contributed by atoms with Crippen LogP contribution in [-0.2, 0) is 4.74 Å². The van der Waals surface area contributed by atoms with Crippen molar-refractivity contribution in [3.63, 3.8) is 0 Å². The predicted octanol–water partition coefficient (Wildman–Crippen LogP) is 2.32. The summed E-state index contributed by atoms with van der Waals surface area (Å²) >= 11 is 0. The van der Waals surface area contributed by atoms with Crippen LogP contribution in [0.15, 0.2) is 24.3 Å². The van der Waals surface area contributed by atoms with Crippen LogP contribution in [0.25, 0.3) is 0 Å². The molecule has 2 unspecified atom stereocenters. The molecule has 0 radical (unpaired) electrons. The summed E-state index contributed by atoms with van der Waals surface area (Å²) in [6.45, 7) is 4.17. The highest BCUT2D eigenvalue weighted by molar-refractivity contribution is 5.55. The second-order valence-electron chi connectivity index (χ2n) is 4.67. The maximum atomic E-state index is 6.17. The number of methoxy groups -OCH3 is 1. The van der Waals surface area contributed by atoms with Gasteiger partial charge in [0.15, 0.2) is 0 Å². The molecule has 3 nitrogen and oxygen atoms in total. The van der Waals surface area contributed by atoms with E-state index in [4.69, 9.17) is 10.5 Å². The van der Waals surface area contributed by atoms with Gasteiger partial charge in [0.1, 0.15) is 0 Å². The normalized spacial score (nSPS) is 21.8. The van der Waals surface area contributed by atoms with Crippen molar-refractivity contribution in [3.05, 3.63) is 29.8 Å². The highest BCUT2D eigenvalue weighted by atomic mass is 16.5. The zero-order valence-electron chi connectivity index (χ0n) is 10.7. The molecule has 2 N–H and O–H groups in total. The van der Waals surface area contributed by atoms with E-state index in [-0.39, 0.29) is 6.04 Å². The summed E-state index contributed by atoms with van der Waals surface area (Å²) in [4.78, 5) is 2.39. The third-order valence-electron chi connectivity index (χ3n) is 3.60. The van der Waals surface area contributed by atoms with Crippen LogP contribution in [0.1, 0.15) is 31.4 Å². The zero-order chi connectivity index (χ0) is 12.3. The van der Waals surface area contributed by atoms with Crippen molar-refractivity contribution in [1.29, 1.82) is 0 Å². The van der Waals surface area contributed by atoms with E-state index in [1.54, 1.807) is 7.11 Å². The maximum absolute atomic E-state index is 6.17. The highest BCUT2D eigenvalue weighted by Gasteiger charge is 2.24. The Morgan fingerprint density at radius 2 is 2.24 bits per heavy atom. The van der Waals surface area contributed by atoms with Gasteiger partial charge in [-0.05, 0) is 24.5 Å². The van der Waals surface area contributed by atoms with E-state index < -0.39 is 0 Å². The van der Waals surface area contributed by atoms with Gasteiger partial charge in [-0.1, -0.05) is 25.1 Å². The first-order valence-corrected chi connectivity index (χ1v) is 6.38. The Balaban J connectivity index is 2.20. The molecule has 1 fully saturated rings. The Morgan fingerprint density at radius 1 is 1.47 bits per heavy atom. The molecule has 2 atom stereocenters. The van der Waals surface area contributed by atoms with Crippen molar-refractivity contribution in [2.24, 2.45) is 5.73 Å². The summed E-state index contributed by atoms with van der Waals surface area (Å²) in [5, 5.41) is 0. The Kier molecular flexibility index (Phi) is 4.02. The van der Waals surface area contributed by atoms with E-state index >= 15 is 0 Å². The Bertz CT molecular complexity index is 367. The van der Waals surface area contributed by atoms with Gasteiger partial charge < -0.3 is 15.4 Å². The van der Waals surface area contributed by atoms with E-state index in [1.807, 2.05) is 0 Å². The summed E-state index contributed by atoms with van der Waals surface area (Å²) in [6, 6.07) is 8.60. The summed E-state index contributed by atoms with van der Waals surface area (Å²) in [6.07, 6.45) is 2.44. The van der Waals surface area contributed by atoms with E-state index in [2.05, 4.69) is 36.1 Å². The Hall–Kier alpha value is -1.06. The van der Waals surface area contributed by atoms with Crippen molar-refractivity contribution in [2.75, 3.05) is 25.1 Å². The minimum absolute atomic E-state index is 0.132. The Morgan fingerprint density at radius 3 is 2.88 bits per heavy atom. The van der Waals surface area contributed by atoms with Crippen LogP contribution in [0.3, 0.4) is 0 Å². The van der Waals surface area contributed by atoms with Crippen LogP contribution in [0.2, 0.25) is 0 Å². The maximum Gasteiger partial charge on any atom is 0.0762 e. The second kappa shape index (κ2) is 5.52. The van der Waals surface area contributed by atoms with Crippen molar-refractivity contribution in [2.45, 2.75) is 31.9 Å². The van der Waals surface area contributed by atoms with Crippen molar-refractivity contribution in [1.82, 2.24) is 0 Å². The quantitative estimate of drug-likeness (QED) is 0.869. The summed E-state index contributed by atoms with van der Waals surface area (Å²) in [7, 11) is 1.79. The van der Waals surface area contributed by atoms with Gasteiger partial charge in [0.05, 0.1) is 6.10 Å². The van der Waals surface area contributed by atoms with Crippen LogP contribution >= 0.6 is 0 Å². The first-order valence-electron chi connectivity index (χ1n) is 6.38. The largest absolute Gasteiger partial charge is 0.380 e. The number of para-hydroxylation sites is 1.